The lowest BCUT2D eigenvalue weighted by atomic mass is 9.73. The maximum absolute atomic E-state index is 14.1. The van der Waals surface area contributed by atoms with E-state index in [9.17, 15) is 14.3 Å². The number of carbonyl (C=O) groups excluding carboxylic acids is 1. The van der Waals surface area contributed by atoms with Gasteiger partial charge in [0.25, 0.3) is 5.91 Å². The van der Waals surface area contributed by atoms with E-state index in [2.05, 4.69) is 22.0 Å². The summed E-state index contributed by atoms with van der Waals surface area (Å²) in [5.41, 5.74) is 2.08. The molecule has 32 heavy (non-hydrogen) atoms. The molecule has 9 heteroatoms. The monoisotopic (exact) mass is 432 g/mol. The van der Waals surface area contributed by atoms with E-state index < -0.39 is 5.82 Å². The van der Waals surface area contributed by atoms with Crippen LogP contribution in [-0.2, 0) is 0 Å². The molecule has 2 aliphatic heterocycles. The Labute approximate surface area is 184 Å². The number of aromatic nitrogens is 3. The van der Waals surface area contributed by atoms with Crippen molar-refractivity contribution in [3.63, 3.8) is 0 Å². The summed E-state index contributed by atoms with van der Waals surface area (Å²) in [6.07, 6.45) is 2.89. The highest BCUT2D eigenvalue weighted by Crippen LogP contribution is 2.39. The number of likely N-dealkylation sites (tertiary alicyclic amines) is 2. The van der Waals surface area contributed by atoms with Gasteiger partial charge in [0.1, 0.15) is 11.9 Å². The van der Waals surface area contributed by atoms with Crippen molar-refractivity contribution in [2.75, 3.05) is 33.2 Å². The average molecular weight is 432 g/mol. The number of aryl methyl sites for hydroxylation is 1. The Balaban J connectivity index is 1.36. The molecule has 162 valence electrons. The molecule has 0 saturated carbocycles. The summed E-state index contributed by atoms with van der Waals surface area (Å²) in [6.45, 7) is 5.31. The molecule has 1 aromatic carbocycles. The zero-order valence-corrected chi connectivity index (χ0v) is 17.7. The third-order valence-corrected chi connectivity index (χ3v) is 6.23. The predicted octanol–water partition coefficient (Wildman–Crippen LogP) is 2.35. The summed E-state index contributed by atoms with van der Waals surface area (Å²) in [6, 6.07) is 7.72. The molecule has 1 N–H and O–H groups in total. The summed E-state index contributed by atoms with van der Waals surface area (Å²) in [4.78, 5) is 21.1. The number of carbonyl (C=O) groups is 1. The van der Waals surface area contributed by atoms with Crippen molar-refractivity contribution in [3.8, 4) is 28.9 Å². The smallest absolute Gasteiger partial charge is 0.255 e. The molecule has 0 unspecified atom stereocenters. The minimum atomic E-state index is -0.664. The van der Waals surface area contributed by atoms with Crippen molar-refractivity contribution in [1.29, 1.82) is 5.26 Å². The van der Waals surface area contributed by atoms with Crippen LogP contribution >= 0.6 is 0 Å². The van der Waals surface area contributed by atoms with Crippen LogP contribution in [0.2, 0.25) is 0 Å². The van der Waals surface area contributed by atoms with Gasteiger partial charge >= 0.3 is 0 Å². The fourth-order valence-electron chi connectivity index (χ4n) is 4.78. The van der Waals surface area contributed by atoms with Gasteiger partial charge in [0.05, 0.1) is 22.9 Å². The highest BCUT2D eigenvalue weighted by Gasteiger charge is 2.51. The number of rotatable bonds is 3. The number of benzene rings is 1. The summed E-state index contributed by atoms with van der Waals surface area (Å²) in [7, 11) is 2.08. The van der Waals surface area contributed by atoms with E-state index in [1.165, 1.54) is 29.2 Å². The number of hydrogen-bond acceptors (Lipinski definition) is 6. The van der Waals surface area contributed by atoms with Crippen LogP contribution in [0, 0.1) is 29.5 Å². The minimum Gasteiger partial charge on any atom is -0.493 e. The minimum absolute atomic E-state index is 0.0571. The Kier molecular flexibility index (Phi) is 4.50. The van der Waals surface area contributed by atoms with Crippen LogP contribution in [-0.4, -0.2) is 68.8 Å². The molecule has 1 amide bonds. The van der Waals surface area contributed by atoms with Crippen molar-refractivity contribution in [3.05, 3.63) is 59.2 Å². The van der Waals surface area contributed by atoms with Crippen molar-refractivity contribution in [1.82, 2.24) is 24.6 Å². The van der Waals surface area contributed by atoms with E-state index in [4.69, 9.17) is 5.26 Å². The summed E-state index contributed by atoms with van der Waals surface area (Å²) < 4.78 is 15.3. The van der Waals surface area contributed by atoms with Gasteiger partial charge in [-0.05, 0) is 49.4 Å². The zero-order chi connectivity index (χ0) is 22.6. The number of aromatic hydroxyl groups is 1. The maximum atomic E-state index is 14.1. The van der Waals surface area contributed by atoms with Crippen molar-refractivity contribution < 1.29 is 14.3 Å². The molecule has 0 atom stereocenters. The summed E-state index contributed by atoms with van der Waals surface area (Å²) in [5, 5.41) is 23.9. The van der Waals surface area contributed by atoms with Crippen LogP contribution in [0.5, 0.6) is 5.88 Å². The number of pyridine rings is 1. The SMILES string of the molecule is Cc1cc(C#N)c(F)cc1-c1cnn(-c2ccc(C(=O)N3CC4(CN(C)C4)C3)cn2)c1O. The topological polar surface area (TPSA) is 98.3 Å². The van der Waals surface area contributed by atoms with Crippen LogP contribution in [0.25, 0.3) is 16.9 Å². The molecular weight excluding hydrogens is 411 g/mol. The van der Waals surface area contributed by atoms with Crippen LogP contribution in [0.4, 0.5) is 4.39 Å². The Hall–Kier alpha value is -3.77. The van der Waals surface area contributed by atoms with Crippen molar-refractivity contribution >= 4 is 5.91 Å². The Morgan fingerprint density at radius 1 is 1.19 bits per heavy atom. The average Bonchev–Trinajstić information content (AvgIpc) is 3.11. The largest absolute Gasteiger partial charge is 0.493 e. The van der Waals surface area contributed by atoms with Crippen LogP contribution in [0.3, 0.4) is 0 Å². The number of nitriles is 1. The van der Waals surface area contributed by atoms with E-state index in [0.717, 1.165) is 26.2 Å². The van der Waals surface area contributed by atoms with Gasteiger partial charge in [0.15, 0.2) is 5.82 Å². The molecule has 0 bridgehead atoms. The van der Waals surface area contributed by atoms with Gasteiger partial charge in [-0.2, -0.15) is 15.0 Å². The van der Waals surface area contributed by atoms with Gasteiger partial charge in [0, 0.05) is 37.8 Å². The molecule has 8 nitrogen and oxygen atoms in total. The highest BCUT2D eigenvalue weighted by molar-refractivity contribution is 5.94. The normalized spacial score (nSPS) is 17.0. The van der Waals surface area contributed by atoms with Crippen LogP contribution in [0.15, 0.2) is 36.7 Å². The van der Waals surface area contributed by atoms with Crippen molar-refractivity contribution in [2.24, 2.45) is 5.41 Å². The first-order valence-corrected chi connectivity index (χ1v) is 10.2. The molecule has 0 radical (unpaired) electrons. The van der Waals surface area contributed by atoms with E-state index >= 15 is 0 Å². The molecule has 2 fully saturated rings. The number of halogens is 1. The van der Waals surface area contributed by atoms with E-state index in [1.54, 1.807) is 25.1 Å². The van der Waals surface area contributed by atoms with Gasteiger partial charge in [0.2, 0.25) is 5.88 Å². The molecule has 1 spiro atoms. The number of hydrogen-bond donors (Lipinski definition) is 1. The van der Waals surface area contributed by atoms with Crippen LogP contribution < -0.4 is 0 Å². The highest BCUT2D eigenvalue weighted by atomic mass is 19.1. The summed E-state index contributed by atoms with van der Waals surface area (Å²) in [5.74, 6) is -0.596. The predicted molar refractivity (Wildman–Crippen MR) is 114 cm³/mol. The Morgan fingerprint density at radius 3 is 2.56 bits per heavy atom. The zero-order valence-electron chi connectivity index (χ0n) is 17.7. The first-order valence-electron chi connectivity index (χ1n) is 10.2. The Morgan fingerprint density at radius 2 is 1.94 bits per heavy atom. The third-order valence-electron chi connectivity index (χ3n) is 6.23. The van der Waals surface area contributed by atoms with Gasteiger partial charge < -0.3 is 14.9 Å². The quantitative estimate of drug-likeness (QED) is 0.682. The molecule has 5 rings (SSSR count). The van der Waals surface area contributed by atoms with Gasteiger partial charge in [-0.3, -0.25) is 4.79 Å². The van der Waals surface area contributed by atoms with Crippen LogP contribution in [0.1, 0.15) is 21.5 Å². The van der Waals surface area contributed by atoms with E-state index in [1.807, 2.05) is 4.90 Å². The number of nitrogens with zero attached hydrogens (tertiary/aromatic N) is 6. The van der Waals surface area contributed by atoms with Gasteiger partial charge in [-0.25, -0.2) is 9.37 Å². The number of amides is 1. The second kappa shape index (κ2) is 7.14. The van der Waals surface area contributed by atoms with E-state index in [-0.39, 0.29) is 22.8 Å². The molecular formula is C23H21FN6O2. The molecule has 4 heterocycles. The maximum Gasteiger partial charge on any atom is 0.255 e. The fraction of sp³-hybridized carbons (Fsp3) is 0.304. The van der Waals surface area contributed by atoms with E-state index in [0.29, 0.717) is 28.1 Å². The lowest BCUT2D eigenvalue weighted by Gasteiger charge is -2.59. The Bertz CT molecular complexity index is 1260. The molecule has 2 aliphatic rings. The van der Waals surface area contributed by atoms with Gasteiger partial charge in [-0.1, -0.05) is 0 Å². The molecule has 2 aromatic heterocycles. The third kappa shape index (κ3) is 3.11. The second-order valence-corrected chi connectivity index (χ2v) is 8.79. The fourth-order valence-corrected chi connectivity index (χ4v) is 4.78. The molecule has 0 aliphatic carbocycles. The first kappa shape index (κ1) is 20.2. The standard InChI is InChI=1S/C23H21FN6O2/c1-14-5-16(7-25)19(24)6-17(14)18-9-27-30(22(18)32)20-4-3-15(8-26-20)21(31)29-12-23(13-29)10-28(2)11-23/h3-6,8-9,32H,10-13H2,1-2H3. The lowest BCUT2D eigenvalue weighted by molar-refractivity contribution is -0.0872. The van der Waals surface area contributed by atoms with Gasteiger partial charge in [-0.15, -0.1) is 0 Å². The molecule has 3 aromatic rings. The first-order chi connectivity index (χ1) is 15.3. The molecule has 2 saturated heterocycles. The second-order valence-electron chi connectivity index (χ2n) is 8.79. The lowest BCUT2D eigenvalue weighted by Crippen LogP contribution is -2.72. The van der Waals surface area contributed by atoms with Crippen molar-refractivity contribution in [2.45, 2.75) is 6.92 Å². The summed E-state index contributed by atoms with van der Waals surface area (Å²) >= 11 is 0.